The number of nitrogens with zero attached hydrogens (tertiary/aromatic N) is 3. The van der Waals surface area contributed by atoms with Gasteiger partial charge in [0.25, 0.3) is 0 Å². The number of hydrogen-bond donors (Lipinski definition) is 2. The minimum absolute atomic E-state index is 0.139. The summed E-state index contributed by atoms with van der Waals surface area (Å²) in [5, 5.41) is 2.92. The minimum atomic E-state index is -6.46. The predicted octanol–water partition coefficient (Wildman–Crippen LogP) is 4.38. The number of hydrazone groups is 1. The lowest BCUT2D eigenvalue weighted by Gasteiger charge is -2.23. The van der Waals surface area contributed by atoms with Gasteiger partial charge in [-0.2, -0.15) is 35.1 Å². The van der Waals surface area contributed by atoms with Crippen molar-refractivity contribution in [3.05, 3.63) is 45.6 Å². The Labute approximate surface area is 189 Å². The molecule has 0 atom stereocenters. The number of amidine groups is 1. The van der Waals surface area contributed by atoms with Gasteiger partial charge in [-0.05, 0) is 12.1 Å². The third kappa shape index (κ3) is 6.39. The van der Waals surface area contributed by atoms with Crippen LogP contribution < -0.4 is 11.4 Å². The maximum absolute atomic E-state index is 13.5. The molecule has 0 saturated carbocycles. The first-order valence-corrected chi connectivity index (χ1v) is 8.75. The Morgan fingerprint density at radius 3 is 2.18 bits per heavy atom. The van der Waals surface area contributed by atoms with Crippen LogP contribution in [0, 0.1) is 0 Å². The van der Waals surface area contributed by atoms with E-state index in [0.29, 0.717) is 13.3 Å². The predicted molar refractivity (Wildman–Crippen MR) is 104 cm³/mol. The number of benzene rings is 1. The Bertz CT molecular complexity index is 1050. The molecule has 0 heterocycles. The number of alkyl halides is 8. The minimum Gasteiger partial charge on any atom is -0.465 e. The number of ether oxygens (including phenoxy) is 1. The smallest absolute Gasteiger partial charge is 0.459 e. The zero-order valence-corrected chi connectivity index (χ0v) is 17.6. The highest BCUT2D eigenvalue weighted by molar-refractivity contribution is 6.40. The van der Waals surface area contributed by atoms with Gasteiger partial charge < -0.3 is 10.5 Å². The van der Waals surface area contributed by atoms with E-state index >= 15 is 0 Å². The fraction of sp³-hybridized carbons (Fsp3) is 0.294. The number of carbonyl (C=O) groups is 1. The molecule has 0 aromatic heterocycles. The van der Waals surface area contributed by atoms with E-state index in [1.807, 2.05) is 0 Å². The fourth-order valence-electron chi connectivity index (χ4n) is 2.23. The monoisotopic (exact) mass is 525 g/mol. The van der Waals surface area contributed by atoms with Crippen LogP contribution in [-0.2, 0) is 4.74 Å². The van der Waals surface area contributed by atoms with Crippen molar-refractivity contribution in [2.45, 2.75) is 18.3 Å². The van der Waals surface area contributed by atoms with Crippen molar-refractivity contribution in [2.75, 3.05) is 14.2 Å². The molecule has 1 aromatic rings. The molecule has 0 amide bonds. The Hall–Kier alpha value is -3.30. The molecule has 3 N–H and O–H groups in total. The van der Waals surface area contributed by atoms with Gasteiger partial charge in [0.05, 0.1) is 23.9 Å². The second-order valence-corrected chi connectivity index (χ2v) is 6.34. The summed E-state index contributed by atoms with van der Waals surface area (Å²) in [6.07, 6.45) is -12.0. The SMILES string of the molecule is CN=C(N=CC(=NNF)c1ccc(Cl)c(C(=O)OC)c1)C(=C(N)C(F)(F)C(F)(F)F)C(F)(F)F. The quantitative estimate of drug-likeness (QED) is 0.144. The average molecular weight is 526 g/mol. The molecular weight excluding hydrogens is 513 g/mol. The van der Waals surface area contributed by atoms with Crippen molar-refractivity contribution in [3.63, 3.8) is 0 Å². The van der Waals surface area contributed by atoms with Gasteiger partial charge in [-0.3, -0.25) is 4.99 Å². The number of methoxy groups -OCH3 is 1. The number of hydrogen-bond acceptors (Lipinski definition) is 6. The van der Waals surface area contributed by atoms with Crippen LogP contribution in [0.3, 0.4) is 0 Å². The molecule has 0 aliphatic carbocycles. The van der Waals surface area contributed by atoms with Crippen LogP contribution in [0.25, 0.3) is 0 Å². The molecule has 1 aromatic carbocycles. The number of nitrogens with two attached hydrogens (primary N) is 1. The van der Waals surface area contributed by atoms with E-state index in [-0.39, 0.29) is 16.1 Å². The van der Waals surface area contributed by atoms with Crippen molar-refractivity contribution in [1.82, 2.24) is 5.65 Å². The van der Waals surface area contributed by atoms with Crippen LogP contribution in [0.2, 0.25) is 5.02 Å². The summed E-state index contributed by atoms with van der Waals surface area (Å²) < 4.78 is 122. The summed E-state index contributed by atoms with van der Waals surface area (Å²) in [5.41, 5.74) is -1.38. The lowest BCUT2D eigenvalue weighted by molar-refractivity contribution is -0.265. The van der Waals surface area contributed by atoms with Gasteiger partial charge in [0.15, 0.2) is 5.84 Å². The Kier molecular flexibility index (Phi) is 9.09. The lowest BCUT2D eigenvalue weighted by atomic mass is 10.1. The summed E-state index contributed by atoms with van der Waals surface area (Å²) in [7, 11) is 1.60. The first-order chi connectivity index (χ1) is 15.5. The highest BCUT2D eigenvalue weighted by Gasteiger charge is 2.62. The molecule has 0 spiro atoms. The molecule has 0 bridgehead atoms. The summed E-state index contributed by atoms with van der Waals surface area (Å²) in [5.74, 6) is -8.76. The standard InChI is InChI=1S/C17H13ClF9N5O2/c1-29-13(11(16(21,22)23)12(28)15(19,20)17(24,25)26)30-6-10(31-32-27)7-3-4-9(18)8(5-7)14(33)34-2/h3-6,32H,28H2,1-2H3. The molecule has 34 heavy (non-hydrogen) atoms. The maximum atomic E-state index is 13.5. The lowest BCUT2D eigenvalue weighted by Crippen LogP contribution is -2.44. The van der Waals surface area contributed by atoms with Crippen molar-refractivity contribution in [3.8, 4) is 0 Å². The largest absolute Gasteiger partial charge is 0.465 e. The van der Waals surface area contributed by atoms with Crippen LogP contribution in [0.15, 0.2) is 44.6 Å². The van der Waals surface area contributed by atoms with Crippen LogP contribution in [-0.4, -0.2) is 56.2 Å². The van der Waals surface area contributed by atoms with E-state index in [4.69, 9.17) is 11.6 Å². The third-order valence-electron chi connectivity index (χ3n) is 3.82. The topological polar surface area (TPSA) is 101 Å². The van der Waals surface area contributed by atoms with Crippen molar-refractivity contribution in [2.24, 2.45) is 20.8 Å². The van der Waals surface area contributed by atoms with Gasteiger partial charge in [-0.1, -0.05) is 22.1 Å². The number of nitrogens with one attached hydrogen (secondary N) is 1. The molecule has 0 saturated heterocycles. The first kappa shape index (κ1) is 28.7. The molecular formula is C17H13ClF9N5O2. The van der Waals surface area contributed by atoms with Gasteiger partial charge >= 0.3 is 24.2 Å². The molecule has 7 nitrogen and oxygen atoms in total. The molecule has 0 aliphatic heterocycles. The second kappa shape index (κ2) is 10.8. The maximum Gasteiger partial charge on any atom is 0.459 e. The van der Waals surface area contributed by atoms with Crippen LogP contribution in [0.4, 0.5) is 39.6 Å². The van der Waals surface area contributed by atoms with E-state index in [0.717, 1.165) is 31.0 Å². The molecule has 0 unspecified atom stereocenters. The van der Waals surface area contributed by atoms with E-state index < -0.39 is 47.1 Å². The summed E-state index contributed by atoms with van der Waals surface area (Å²) in [6, 6.07) is 3.17. The highest BCUT2D eigenvalue weighted by Crippen LogP contribution is 2.43. The van der Waals surface area contributed by atoms with Crippen LogP contribution in [0.5, 0.6) is 0 Å². The molecule has 188 valence electrons. The number of halogens is 10. The zero-order chi connectivity index (χ0) is 26.5. The van der Waals surface area contributed by atoms with E-state index in [1.165, 1.54) is 0 Å². The molecule has 0 radical (unpaired) electrons. The van der Waals surface area contributed by atoms with E-state index in [1.54, 1.807) is 0 Å². The molecule has 0 fully saturated rings. The number of aliphatic imine (C=N–C) groups is 2. The van der Waals surface area contributed by atoms with Gasteiger partial charge in [-0.15, -0.1) is 10.7 Å². The summed E-state index contributed by atoms with van der Waals surface area (Å²) in [4.78, 5) is 17.8. The van der Waals surface area contributed by atoms with Gasteiger partial charge in [0.1, 0.15) is 17.0 Å². The van der Waals surface area contributed by atoms with Crippen molar-refractivity contribution >= 4 is 35.3 Å². The molecule has 0 aliphatic rings. The molecule has 17 heteroatoms. The summed E-state index contributed by atoms with van der Waals surface area (Å²) >= 11 is 5.82. The Morgan fingerprint density at radius 2 is 1.74 bits per heavy atom. The number of allylic oxidation sites excluding steroid dienone is 1. The highest BCUT2D eigenvalue weighted by atomic mass is 35.5. The number of rotatable bonds is 6. The van der Waals surface area contributed by atoms with Crippen LogP contribution in [0.1, 0.15) is 15.9 Å². The van der Waals surface area contributed by atoms with Crippen molar-refractivity contribution < 1.29 is 49.1 Å². The number of carbonyl (C=O) groups excluding carboxylic acids is 1. The Balaban J connectivity index is 3.66. The normalized spacial score (nSPS) is 14.8. The number of esters is 1. The second-order valence-electron chi connectivity index (χ2n) is 5.93. The van der Waals surface area contributed by atoms with Gasteiger partial charge in [-0.25, -0.2) is 9.79 Å². The first-order valence-electron chi connectivity index (χ1n) is 8.37. The summed E-state index contributed by atoms with van der Waals surface area (Å²) in [6.45, 7) is 0. The van der Waals surface area contributed by atoms with E-state index in [9.17, 15) is 44.4 Å². The van der Waals surface area contributed by atoms with Crippen LogP contribution >= 0.6 is 11.6 Å². The van der Waals surface area contributed by atoms with Crippen molar-refractivity contribution in [1.29, 1.82) is 0 Å². The van der Waals surface area contributed by atoms with Gasteiger partial charge in [0, 0.05) is 12.6 Å². The average Bonchev–Trinajstić information content (AvgIpc) is 2.73. The Morgan fingerprint density at radius 1 is 1.15 bits per heavy atom. The molecule has 1 rings (SSSR count). The fourth-order valence-corrected chi connectivity index (χ4v) is 2.43. The van der Waals surface area contributed by atoms with E-state index in [2.05, 4.69) is 25.6 Å². The third-order valence-corrected chi connectivity index (χ3v) is 4.15. The zero-order valence-electron chi connectivity index (χ0n) is 16.8. The van der Waals surface area contributed by atoms with Gasteiger partial charge in [0.2, 0.25) is 0 Å².